The molecule has 0 radical (unpaired) electrons. The molecule has 5 heteroatoms. The first-order valence-electron chi connectivity index (χ1n) is 5.80. The monoisotopic (exact) mass is 228 g/mol. The molecule has 16 heavy (non-hydrogen) atoms. The van der Waals surface area contributed by atoms with E-state index in [-0.39, 0.29) is 11.5 Å². The fourth-order valence-corrected chi connectivity index (χ4v) is 2.45. The Morgan fingerprint density at radius 1 is 1.69 bits per heavy atom. The highest BCUT2D eigenvalue weighted by Crippen LogP contribution is 2.27. The highest BCUT2D eigenvalue weighted by molar-refractivity contribution is 5.78. The van der Waals surface area contributed by atoms with E-state index in [1.54, 1.807) is 7.11 Å². The number of nitrogens with two attached hydrogens (primary N) is 1. The molecule has 92 valence electrons. The Labute approximate surface area is 95.9 Å². The van der Waals surface area contributed by atoms with Gasteiger partial charge in [-0.25, -0.2) is 0 Å². The van der Waals surface area contributed by atoms with Gasteiger partial charge in [-0.2, -0.15) is 0 Å². The second-order valence-corrected chi connectivity index (χ2v) is 4.77. The lowest BCUT2D eigenvalue weighted by Crippen LogP contribution is -2.46. The van der Waals surface area contributed by atoms with Gasteiger partial charge in [-0.3, -0.25) is 4.79 Å². The SMILES string of the molecule is COC1(CN2CC(CN)CC2=O)CCOC1. The minimum atomic E-state index is -0.293. The fourth-order valence-electron chi connectivity index (χ4n) is 2.45. The van der Waals surface area contributed by atoms with E-state index < -0.39 is 0 Å². The number of hydrogen-bond acceptors (Lipinski definition) is 4. The Morgan fingerprint density at radius 2 is 2.50 bits per heavy atom. The normalized spacial score (nSPS) is 35.0. The van der Waals surface area contributed by atoms with Gasteiger partial charge in [0.25, 0.3) is 0 Å². The van der Waals surface area contributed by atoms with Crippen molar-refractivity contribution in [2.75, 3.05) is 40.0 Å². The summed E-state index contributed by atoms with van der Waals surface area (Å²) < 4.78 is 10.9. The van der Waals surface area contributed by atoms with E-state index in [9.17, 15) is 4.79 Å². The summed E-state index contributed by atoms with van der Waals surface area (Å²) in [5, 5.41) is 0. The summed E-state index contributed by atoms with van der Waals surface area (Å²) in [6.07, 6.45) is 1.44. The molecule has 2 aliphatic heterocycles. The highest BCUT2D eigenvalue weighted by atomic mass is 16.5. The zero-order valence-corrected chi connectivity index (χ0v) is 9.78. The van der Waals surface area contributed by atoms with Crippen LogP contribution < -0.4 is 5.73 Å². The molecule has 0 aromatic carbocycles. The molecule has 0 saturated carbocycles. The van der Waals surface area contributed by atoms with Crippen molar-refractivity contribution in [3.05, 3.63) is 0 Å². The van der Waals surface area contributed by atoms with Crippen LogP contribution in [-0.4, -0.2) is 56.4 Å². The quantitative estimate of drug-likeness (QED) is 0.711. The number of rotatable bonds is 4. The number of amides is 1. The van der Waals surface area contributed by atoms with Crippen LogP contribution in [0.4, 0.5) is 0 Å². The fraction of sp³-hybridized carbons (Fsp3) is 0.909. The van der Waals surface area contributed by atoms with Crippen LogP contribution in [0.5, 0.6) is 0 Å². The lowest BCUT2D eigenvalue weighted by atomic mass is 10.0. The lowest BCUT2D eigenvalue weighted by molar-refractivity contribution is -0.132. The number of likely N-dealkylation sites (tertiary alicyclic amines) is 1. The molecule has 2 saturated heterocycles. The van der Waals surface area contributed by atoms with Gasteiger partial charge in [0.05, 0.1) is 13.2 Å². The zero-order chi connectivity index (χ0) is 11.6. The maximum Gasteiger partial charge on any atom is 0.223 e. The zero-order valence-electron chi connectivity index (χ0n) is 9.78. The topological polar surface area (TPSA) is 64.8 Å². The van der Waals surface area contributed by atoms with Gasteiger partial charge in [0.15, 0.2) is 0 Å². The Hall–Kier alpha value is -0.650. The number of carbonyl (C=O) groups is 1. The van der Waals surface area contributed by atoms with E-state index >= 15 is 0 Å². The van der Waals surface area contributed by atoms with E-state index in [0.29, 0.717) is 32.0 Å². The molecule has 0 aromatic rings. The molecule has 2 heterocycles. The van der Waals surface area contributed by atoms with Crippen molar-refractivity contribution in [3.63, 3.8) is 0 Å². The number of hydrogen-bond donors (Lipinski definition) is 1. The average Bonchev–Trinajstić information content (AvgIpc) is 2.88. The molecule has 2 aliphatic rings. The van der Waals surface area contributed by atoms with Gasteiger partial charge >= 0.3 is 0 Å². The predicted octanol–water partition coefficient (Wildman–Crippen LogP) is -0.401. The summed E-state index contributed by atoms with van der Waals surface area (Å²) in [5.41, 5.74) is 5.30. The second kappa shape index (κ2) is 4.69. The van der Waals surface area contributed by atoms with Crippen molar-refractivity contribution in [3.8, 4) is 0 Å². The van der Waals surface area contributed by atoms with Crippen molar-refractivity contribution in [1.29, 1.82) is 0 Å². The third kappa shape index (κ3) is 2.21. The molecular weight excluding hydrogens is 208 g/mol. The number of ether oxygens (including phenoxy) is 2. The molecule has 2 unspecified atom stereocenters. The molecule has 5 nitrogen and oxygen atoms in total. The minimum Gasteiger partial charge on any atom is -0.378 e. The van der Waals surface area contributed by atoms with Gasteiger partial charge in [0.1, 0.15) is 5.60 Å². The highest BCUT2D eigenvalue weighted by Gasteiger charge is 2.40. The molecule has 2 rings (SSSR count). The second-order valence-electron chi connectivity index (χ2n) is 4.77. The Kier molecular flexibility index (Phi) is 3.47. The third-order valence-electron chi connectivity index (χ3n) is 3.61. The van der Waals surface area contributed by atoms with Crippen LogP contribution in [0.1, 0.15) is 12.8 Å². The van der Waals surface area contributed by atoms with Crippen molar-refractivity contribution >= 4 is 5.91 Å². The molecular formula is C11H20N2O3. The maximum absolute atomic E-state index is 11.8. The van der Waals surface area contributed by atoms with E-state index in [1.807, 2.05) is 4.90 Å². The molecule has 1 amide bonds. The van der Waals surface area contributed by atoms with Gasteiger partial charge in [-0.1, -0.05) is 0 Å². The van der Waals surface area contributed by atoms with Crippen LogP contribution in [-0.2, 0) is 14.3 Å². The Morgan fingerprint density at radius 3 is 3.00 bits per heavy atom. The first kappa shape index (κ1) is 11.8. The molecule has 2 N–H and O–H groups in total. The van der Waals surface area contributed by atoms with Gasteiger partial charge < -0.3 is 20.1 Å². The van der Waals surface area contributed by atoms with Crippen molar-refractivity contribution in [2.45, 2.75) is 18.4 Å². The smallest absolute Gasteiger partial charge is 0.223 e. The summed E-state index contributed by atoms with van der Waals surface area (Å²) >= 11 is 0. The summed E-state index contributed by atoms with van der Waals surface area (Å²) in [4.78, 5) is 13.6. The minimum absolute atomic E-state index is 0.193. The van der Waals surface area contributed by atoms with Crippen molar-refractivity contribution in [2.24, 2.45) is 11.7 Å². The average molecular weight is 228 g/mol. The molecule has 0 bridgehead atoms. The predicted molar refractivity (Wildman–Crippen MR) is 58.9 cm³/mol. The first-order valence-corrected chi connectivity index (χ1v) is 5.80. The van der Waals surface area contributed by atoms with Gasteiger partial charge in [0, 0.05) is 33.1 Å². The van der Waals surface area contributed by atoms with Gasteiger partial charge in [-0.05, 0) is 12.5 Å². The summed E-state index contributed by atoms with van der Waals surface area (Å²) in [7, 11) is 1.69. The number of methoxy groups -OCH3 is 1. The van der Waals surface area contributed by atoms with E-state index in [2.05, 4.69) is 0 Å². The number of nitrogens with zero attached hydrogens (tertiary/aromatic N) is 1. The molecule has 2 fully saturated rings. The van der Waals surface area contributed by atoms with E-state index in [0.717, 1.165) is 19.6 Å². The summed E-state index contributed by atoms with van der Waals surface area (Å²) in [6, 6.07) is 0. The van der Waals surface area contributed by atoms with Crippen molar-refractivity contribution < 1.29 is 14.3 Å². The number of carbonyl (C=O) groups excluding carboxylic acids is 1. The maximum atomic E-state index is 11.8. The lowest BCUT2D eigenvalue weighted by Gasteiger charge is -2.31. The van der Waals surface area contributed by atoms with E-state index in [1.165, 1.54) is 0 Å². The largest absolute Gasteiger partial charge is 0.378 e. The van der Waals surface area contributed by atoms with Gasteiger partial charge in [0.2, 0.25) is 5.91 Å². The standard InChI is InChI=1S/C11H20N2O3/c1-15-11(2-3-16-8-11)7-13-6-9(5-12)4-10(13)14/h9H,2-8,12H2,1H3. The molecule has 0 spiro atoms. The van der Waals surface area contributed by atoms with Crippen LogP contribution in [0.25, 0.3) is 0 Å². The van der Waals surface area contributed by atoms with Crippen LogP contribution in [0.2, 0.25) is 0 Å². The van der Waals surface area contributed by atoms with Crippen LogP contribution in [0, 0.1) is 5.92 Å². The molecule has 2 atom stereocenters. The summed E-state index contributed by atoms with van der Waals surface area (Å²) in [5.74, 6) is 0.502. The third-order valence-corrected chi connectivity index (χ3v) is 3.61. The van der Waals surface area contributed by atoms with Crippen LogP contribution in [0.3, 0.4) is 0 Å². The van der Waals surface area contributed by atoms with E-state index in [4.69, 9.17) is 15.2 Å². The van der Waals surface area contributed by atoms with Gasteiger partial charge in [-0.15, -0.1) is 0 Å². The molecule has 0 aromatic heterocycles. The first-order chi connectivity index (χ1) is 7.69. The van der Waals surface area contributed by atoms with Crippen LogP contribution >= 0.6 is 0 Å². The summed E-state index contributed by atoms with van der Waals surface area (Å²) in [6.45, 7) is 3.29. The van der Waals surface area contributed by atoms with Crippen LogP contribution in [0.15, 0.2) is 0 Å². The Balaban J connectivity index is 1.96. The Bertz CT molecular complexity index is 264. The molecule has 0 aliphatic carbocycles. The van der Waals surface area contributed by atoms with Crippen molar-refractivity contribution in [1.82, 2.24) is 4.90 Å².